The number of carbonyl (C=O) groups is 1. The van der Waals surface area contributed by atoms with E-state index in [-0.39, 0.29) is 11.1 Å². The van der Waals surface area contributed by atoms with Crippen molar-refractivity contribution in [2.45, 2.75) is 6.92 Å². The minimum atomic E-state index is -0.613. The summed E-state index contributed by atoms with van der Waals surface area (Å²) in [6.07, 6.45) is 0. The first kappa shape index (κ1) is 10.1. The van der Waals surface area contributed by atoms with Crippen LogP contribution in [-0.2, 0) is 0 Å². The topological polar surface area (TPSA) is 76.1 Å². The van der Waals surface area contributed by atoms with Gasteiger partial charge in [0.05, 0.1) is 24.3 Å². The maximum absolute atomic E-state index is 11.1. The number of methoxy groups -OCH3 is 1. The molecule has 1 amide bonds. The molecule has 4 nitrogen and oxygen atoms in total. The Hall–Kier alpha value is -2.02. The molecule has 0 spiro atoms. The molecule has 0 aromatic heterocycles. The van der Waals surface area contributed by atoms with Crippen LogP contribution in [0.4, 0.5) is 0 Å². The fourth-order valence-corrected chi connectivity index (χ4v) is 1.32. The van der Waals surface area contributed by atoms with Crippen LogP contribution in [0.25, 0.3) is 0 Å². The van der Waals surface area contributed by atoms with Gasteiger partial charge in [0.1, 0.15) is 5.75 Å². The summed E-state index contributed by atoms with van der Waals surface area (Å²) >= 11 is 0. The lowest BCUT2D eigenvalue weighted by atomic mass is 10.0. The van der Waals surface area contributed by atoms with E-state index in [4.69, 9.17) is 15.7 Å². The highest BCUT2D eigenvalue weighted by Gasteiger charge is 2.14. The SMILES string of the molecule is COc1ccc(C#N)c(C(N)=O)c1C. The van der Waals surface area contributed by atoms with Crippen molar-refractivity contribution in [1.29, 1.82) is 5.26 Å². The molecule has 0 fully saturated rings. The number of nitriles is 1. The maximum atomic E-state index is 11.1. The molecule has 0 saturated heterocycles. The van der Waals surface area contributed by atoms with E-state index in [0.717, 1.165) is 0 Å². The van der Waals surface area contributed by atoms with E-state index in [1.807, 2.05) is 6.07 Å². The Balaban J connectivity index is 3.49. The second-order valence-corrected chi connectivity index (χ2v) is 2.79. The maximum Gasteiger partial charge on any atom is 0.250 e. The van der Waals surface area contributed by atoms with Crippen molar-refractivity contribution < 1.29 is 9.53 Å². The molecule has 72 valence electrons. The van der Waals surface area contributed by atoms with Crippen molar-refractivity contribution in [3.63, 3.8) is 0 Å². The Morgan fingerprint density at radius 3 is 2.64 bits per heavy atom. The number of primary amides is 1. The van der Waals surface area contributed by atoms with Crippen LogP contribution in [0.3, 0.4) is 0 Å². The molecule has 1 rings (SSSR count). The number of rotatable bonds is 2. The molecule has 1 aromatic rings. The highest BCUT2D eigenvalue weighted by Crippen LogP contribution is 2.23. The van der Waals surface area contributed by atoms with Crippen LogP contribution in [0.2, 0.25) is 0 Å². The third-order valence-electron chi connectivity index (χ3n) is 2.00. The zero-order valence-electron chi connectivity index (χ0n) is 8.00. The van der Waals surface area contributed by atoms with Gasteiger partial charge in [-0.1, -0.05) is 0 Å². The smallest absolute Gasteiger partial charge is 0.250 e. The highest BCUT2D eigenvalue weighted by molar-refractivity contribution is 5.97. The van der Waals surface area contributed by atoms with Gasteiger partial charge in [-0.3, -0.25) is 4.79 Å². The molecule has 0 atom stereocenters. The molecule has 0 bridgehead atoms. The van der Waals surface area contributed by atoms with E-state index in [9.17, 15) is 4.79 Å². The molecule has 0 aliphatic rings. The van der Waals surface area contributed by atoms with Gasteiger partial charge in [0.15, 0.2) is 0 Å². The number of amides is 1. The number of nitrogens with two attached hydrogens (primary N) is 1. The fourth-order valence-electron chi connectivity index (χ4n) is 1.32. The number of ether oxygens (including phenoxy) is 1. The highest BCUT2D eigenvalue weighted by atomic mass is 16.5. The van der Waals surface area contributed by atoms with Gasteiger partial charge in [0.2, 0.25) is 5.91 Å². The van der Waals surface area contributed by atoms with E-state index in [0.29, 0.717) is 11.3 Å². The van der Waals surface area contributed by atoms with Crippen LogP contribution in [0, 0.1) is 18.3 Å². The van der Waals surface area contributed by atoms with Crippen LogP contribution in [-0.4, -0.2) is 13.0 Å². The van der Waals surface area contributed by atoms with Gasteiger partial charge in [-0.15, -0.1) is 0 Å². The fraction of sp³-hybridized carbons (Fsp3) is 0.200. The van der Waals surface area contributed by atoms with Crippen molar-refractivity contribution in [1.82, 2.24) is 0 Å². The van der Waals surface area contributed by atoms with Crippen molar-refractivity contribution in [2.24, 2.45) is 5.73 Å². The second-order valence-electron chi connectivity index (χ2n) is 2.79. The van der Waals surface area contributed by atoms with Crippen molar-refractivity contribution in [3.8, 4) is 11.8 Å². The predicted molar refractivity (Wildman–Crippen MR) is 51.0 cm³/mol. The number of hydrogen-bond acceptors (Lipinski definition) is 3. The van der Waals surface area contributed by atoms with E-state index >= 15 is 0 Å². The van der Waals surface area contributed by atoms with Crippen molar-refractivity contribution in [2.75, 3.05) is 7.11 Å². The molecule has 0 radical (unpaired) electrons. The Morgan fingerprint density at radius 1 is 1.57 bits per heavy atom. The molecule has 0 aliphatic heterocycles. The summed E-state index contributed by atoms with van der Waals surface area (Å²) in [5.74, 6) is -0.0595. The first-order chi connectivity index (χ1) is 6.61. The van der Waals surface area contributed by atoms with Crippen LogP contribution in [0.5, 0.6) is 5.75 Å². The summed E-state index contributed by atoms with van der Waals surface area (Å²) in [5.41, 5.74) is 6.27. The van der Waals surface area contributed by atoms with Gasteiger partial charge in [-0.05, 0) is 19.1 Å². The molecule has 4 heteroatoms. The first-order valence-electron chi connectivity index (χ1n) is 3.99. The number of carbonyl (C=O) groups excluding carboxylic acids is 1. The molecule has 1 aromatic carbocycles. The molecule has 2 N–H and O–H groups in total. The van der Waals surface area contributed by atoms with Gasteiger partial charge in [0.25, 0.3) is 0 Å². The van der Waals surface area contributed by atoms with Crippen LogP contribution < -0.4 is 10.5 Å². The summed E-state index contributed by atoms with van der Waals surface area (Å²) in [4.78, 5) is 11.1. The Labute approximate surface area is 81.9 Å². The van der Waals surface area contributed by atoms with Crippen LogP contribution in [0.15, 0.2) is 12.1 Å². The quantitative estimate of drug-likeness (QED) is 0.755. The van der Waals surface area contributed by atoms with Gasteiger partial charge in [-0.2, -0.15) is 5.26 Å². The lowest BCUT2D eigenvalue weighted by Crippen LogP contribution is -2.15. The molecule has 0 saturated carbocycles. The zero-order chi connectivity index (χ0) is 10.7. The van der Waals surface area contributed by atoms with Crippen molar-refractivity contribution in [3.05, 3.63) is 28.8 Å². The van der Waals surface area contributed by atoms with Gasteiger partial charge in [0, 0.05) is 5.56 Å². The summed E-state index contributed by atoms with van der Waals surface area (Å²) < 4.78 is 5.02. The van der Waals surface area contributed by atoms with Crippen LogP contribution >= 0.6 is 0 Å². The van der Waals surface area contributed by atoms with Gasteiger partial charge in [-0.25, -0.2) is 0 Å². The largest absolute Gasteiger partial charge is 0.496 e. The van der Waals surface area contributed by atoms with E-state index in [1.54, 1.807) is 13.0 Å². The number of benzene rings is 1. The van der Waals surface area contributed by atoms with Crippen LogP contribution in [0.1, 0.15) is 21.5 Å². The van der Waals surface area contributed by atoms with E-state index in [1.165, 1.54) is 13.2 Å². The summed E-state index contributed by atoms with van der Waals surface area (Å²) in [6, 6.07) is 5.07. The second kappa shape index (κ2) is 3.79. The average molecular weight is 190 g/mol. The average Bonchev–Trinajstić information content (AvgIpc) is 2.16. The molecular formula is C10H10N2O2. The minimum Gasteiger partial charge on any atom is -0.496 e. The summed E-state index contributed by atoms with van der Waals surface area (Å²) in [6.45, 7) is 1.69. The summed E-state index contributed by atoms with van der Waals surface area (Å²) in [7, 11) is 1.50. The number of nitrogens with zero attached hydrogens (tertiary/aromatic N) is 1. The lowest BCUT2D eigenvalue weighted by Gasteiger charge is -2.08. The molecule has 0 heterocycles. The van der Waals surface area contributed by atoms with E-state index < -0.39 is 5.91 Å². The monoisotopic (exact) mass is 190 g/mol. The lowest BCUT2D eigenvalue weighted by molar-refractivity contribution is 0.0999. The Kier molecular flexibility index (Phi) is 2.73. The Morgan fingerprint density at radius 2 is 2.21 bits per heavy atom. The Bertz CT molecular complexity index is 419. The zero-order valence-corrected chi connectivity index (χ0v) is 8.00. The third-order valence-corrected chi connectivity index (χ3v) is 2.00. The minimum absolute atomic E-state index is 0.229. The van der Waals surface area contributed by atoms with Gasteiger partial charge >= 0.3 is 0 Å². The molecule has 0 unspecified atom stereocenters. The molecule has 0 aliphatic carbocycles. The number of hydrogen-bond donors (Lipinski definition) is 1. The van der Waals surface area contributed by atoms with E-state index in [2.05, 4.69) is 0 Å². The van der Waals surface area contributed by atoms with Gasteiger partial charge < -0.3 is 10.5 Å². The molecule has 14 heavy (non-hydrogen) atoms. The standard InChI is InChI=1S/C10H10N2O2/c1-6-8(14-2)4-3-7(5-11)9(6)10(12)13/h3-4H,1-2H3,(H2,12,13). The predicted octanol–water partition coefficient (Wildman–Crippen LogP) is 0.974. The summed E-state index contributed by atoms with van der Waals surface area (Å²) in [5, 5.41) is 8.76. The third kappa shape index (κ3) is 1.52. The first-order valence-corrected chi connectivity index (χ1v) is 3.99. The van der Waals surface area contributed by atoms with Crippen molar-refractivity contribution >= 4 is 5.91 Å². The molecular weight excluding hydrogens is 180 g/mol. The normalized spacial score (nSPS) is 9.21.